The second kappa shape index (κ2) is 7.63. The van der Waals surface area contributed by atoms with Crippen LogP contribution in [0.15, 0.2) is 69.0 Å². The maximum absolute atomic E-state index is 12.9. The largest absolute Gasteiger partial charge is 0.431 e. The van der Waals surface area contributed by atoms with Gasteiger partial charge in [-0.05, 0) is 38.1 Å². The molecule has 0 radical (unpaired) electrons. The van der Waals surface area contributed by atoms with E-state index in [-0.39, 0.29) is 17.2 Å². The third kappa shape index (κ3) is 3.58. The smallest absolute Gasteiger partial charge is 0.295 e. The fourth-order valence-corrected chi connectivity index (χ4v) is 3.80. The van der Waals surface area contributed by atoms with Crippen LogP contribution in [-0.2, 0) is 11.8 Å². The molecule has 1 amide bonds. The van der Waals surface area contributed by atoms with Crippen molar-refractivity contribution in [2.45, 2.75) is 24.3 Å². The van der Waals surface area contributed by atoms with Gasteiger partial charge in [0.25, 0.3) is 10.8 Å². The van der Waals surface area contributed by atoms with Gasteiger partial charge in [0.15, 0.2) is 5.58 Å². The molecule has 0 saturated heterocycles. The summed E-state index contributed by atoms with van der Waals surface area (Å²) >= 11 is 1.21. The number of amides is 1. The van der Waals surface area contributed by atoms with E-state index >= 15 is 0 Å². The quantitative estimate of drug-likeness (QED) is 0.509. The highest BCUT2D eigenvalue weighted by atomic mass is 32.2. The van der Waals surface area contributed by atoms with Crippen LogP contribution in [0.2, 0.25) is 0 Å². The Kier molecular flexibility index (Phi) is 5.02. The standard InChI is InChI=1S/C21H20N4O3S/c1-13-18(20(27)25(24(13)3)15-9-5-4-6-10-15)23-19(26)14(2)29-21-22-16-11-7-8-12-17(16)28-21/h4-12,14H,1-3H3,(H,23,26)/t14-/m1/s1. The van der Waals surface area contributed by atoms with Gasteiger partial charge in [-0.2, -0.15) is 0 Å². The minimum Gasteiger partial charge on any atom is -0.431 e. The molecule has 4 aromatic rings. The van der Waals surface area contributed by atoms with Crippen LogP contribution in [0.1, 0.15) is 12.6 Å². The number of oxazole rings is 1. The Morgan fingerprint density at radius 2 is 1.83 bits per heavy atom. The minimum absolute atomic E-state index is 0.270. The summed E-state index contributed by atoms with van der Waals surface area (Å²) in [5, 5.41) is 2.70. The molecule has 4 rings (SSSR count). The van der Waals surface area contributed by atoms with Gasteiger partial charge < -0.3 is 9.73 Å². The van der Waals surface area contributed by atoms with Crippen LogP contribution in [0.4, 0.5) is 5.69 Å². The van der Waals surface area contributed by atoms with Crippen LogP contribution in [0, 0.1) is 6.92 Å². The van der Waals surface area contributed by atoms with Crippen molar-refractivity contribution in [1.82, 2.24) is 14.3 Å². The average molecular weight is 408 g/mol. The van der Waals surface area contributed by atoms with Gasteiger partial charge in [-0.15, -0.1) is 0 Å². The van der Waals surface area contributed by atoms with Crippen LogP contribution in [0.25, 0.3) is 16.8 Å². The number of para-hydroxylation sites is 3. The molecule has 0 bridgehead atoms. The fourth-order valence-electron chi connectivity index (χ4n) is 3.04. The van der Waals surface area contributed by atoms with E-state index in [1.165, 1.54) is 16.4 Å². The summed E-state index contributed by atoms with van der Waals surface area (Å²) in [6, 6.07) is 16.7. The number of anilines is 1. The number of hydrogen-bond acceptors (Lipinski definition) is 5. The Morgan fingerprint density at radius 3 is 2.55 bits per heavy atom. The van der Waals surface area contributed by atoms with Crippen molar-refractivity contribution in [2.24, 2.45) is 7.05 Å². The van der Waals surface area contributed by atoms with E-state index in [0.29, 0.717) is 16.5 Å². The number of nitrogens with zero attached hydrogens (tertiary/aromatic N) is 3. The topological polar surface area (TPSA) is 82.1 Å². The van der Waals surface area contributed by atoms with Crippen molar-refractivity contribution in [3.63, 3.8) is 0 Å². The molecule has 0 aliphatic carbocycles. The van der Waals surface area contributed by atoms with E-state index in [4.69, 9.17) is 4.42 Å². The summed E-state index contributed by atoms with van der Waals surface area (Å²) in [5.74, 6) is -0.289. The van der Waals surface area contributed by atoms with E-state index in [2.05, 4.69) is 10.3 Å². The summed E-state index contributed by atoms with van der Waals surface area (Å²) in [7, 11) is 1.79. The molecule has 2 aromatic heterocycles. The van der Waals surface area contributed by atoms with Gasteiger partial charge in [-0.3, -0.25) is 14.3 Å². The van der Waals surface area contributed by atoms with Crippen molar-refractivity contribution in [3.05, 3.63) is 70.6 Å². The van der Waals surface area contributed by atoms with Gasteiger partial charge in [0.1, 0.15) is 11.2 Å². The number of carbonyl (C=O) groups excluding carboxylic acids is 1. The predicted molar refractivity (Wildman–Crippen MR) is 114 cm³/mol. The molecule has 1 N–H and O–H groups in total. The maximum atomic E-state index is 12.9. The van der Waals surface area contributed by atoms with Crippen LogP contribution < -0.4 is 10.9 Å². The second-order valence-corrected chi connectivity index (χ2v) is 7.93. The molecular weight excluding hydrogens is 388 g/mol. The molecule has 7 nitrogen and oxygen atoms in total. The number of hydrogen-bond donors (Lipinski definition) is 1. The van der Waals surface area contributed by atoms with Gasteiger partial charge in [-0.25, -0.2) is 9.67 Å². The molecule has 29 heavy (non-hydrogen) atoms. The van der Waals surface area contributed by atoms with Gasteiger partial charge in [0.2, 0.25) is 5.91 Å². The number of fused-ring (bicyclic) bond motifs is 1. The van der Waals surface area contributed by atoms with Crippen LogP contribution in [-0.4, -0.2) is 25.5 Å². The zero-order chi connectivity index (χ0) is 20.5. The summed E-state index contributed by atoms with van der Waals surface area (Å²) in [5.41, 5.74) is 2.82. The first-order valence-corrected chi connectivity index (χ1v) is 10.0. The molecule has 0 saturated carbocycles. The van der Waals surface area contributed by atoms with E-state index in [1.54, 1.807) is 25.6 Å². The second-order valence-electron chi connectivity index (χ2n) is 6.63. The maximum Gasteiger partial charge on any atom is 0.295 e. The molecule has 1 atom stereocenters. The number of benzene rings is 2. The van der Waals surface area contributed by atoms with Crippen molar-refractivity contribution in [2.75, 3.05) is 5.32 Å². The summed E-state index contributed by atoms with van der Waals surface area (Å²) in [6.07, 6.45) is 0. The molecule has 0 aliphatic heterocycles. The Bertz CT molecular complexity index is 1210. The lowest BCUT2D eigenvalue weighted by Gasteiger charge is -2.09. The minimum atomic E-state index is -0.493. The molecule has 148 valence electrons. The van der Waals surface area contributed by atoms with Crippen LogP contribution >= 0.6 is 11.8 Å². The van der Waals surface area contributed by atoms with Crippen molar-refractivity contribution in [1.29, 1.82) is 0 Å². The number of aromatic nitrogens is 3. The highest BCUT2D eigenvalue weighted by Gasteiger charge is 2.23. The predicted octanol–water partition coefficient (Wildman–Crippen LogP) is 3.74. The van der Waals surface area contributed by atoms with E-state index < -0.39 is 5.25 Å². The van der Waals surface area contributed by atoms with Gasteiger partial charge in [0, 0.05) is 7.05 Å². The Balaban J connectivity index is 1.55. The molecule has 2 heterocycles. The molecule has 0 aliphatic rings. The highest BCUT2D eigenvalue weighted by molar-refractivity contribution is 8.00. The highest BCUT2D eigenvalue weighted by Crippen LogP contribution is 2.27. The third-order valence-electron chi connectivity index (χ3n) is 4.72. The summed E-state index contributed by atoms with van der Waals surface area (Å²) in [6.45, 7) is 3.55. The first kappa shape index (κ1) is 19.1. The van der Waals surface area contributed by atoms with Crippen LogP contribution in [0.3, 0.4) is 0 Å². The number of rotatable bonds is 5. The molecule has 0 spiro atoms. The lowest BCUT2D eigenvalue weighted by atomic mass is 10.3. The van der Waals surface area contributed by atoms with Gasteiger partial charge in [0.05, 0.1) is 16.6 Å². The first-order valence-electron chi connectivity index (χ1n) is 9.13. The summed E-state index contributed by atoms with van der Waals surface area (Å²) < 4.78 is 8.93. The van der Waals surface area contributed by atoms with E-state index in [9.17, 15) is 9.59 Å². The average Bonchev–Trinajstić information content (AvgIpc) is 3.22. The van der Waals surface area contributed by atoms with E-state index in [1.807, 2.05) is 54.6 Å². The Labute approximate surface area is 171 Å². The number of thioether (sulfide) groups is 1. The third-order valence-corrected chi connectivity index (χ3v) is 5.67. The lowest BCUT2D eigenvalue weighted by molar-refractivity contribution is -0.115. The monoisotopic (exact) mass is 408 g/mol. The zero-order valence-electron chi connectivity index (χ0n) is 16.2. The van der Waals surface area contributed by atoms with Gasteiger partial charge >= 0.3 is 0 Å². The molecule has 2 aromatic carbocycles. The first-order chi connectivity index (χ1) is 14.0. The molecule has 0 unspecified atom stereocenters. The Hall–Kier alpha value is -3.26. The molecule has 8 heteroatoms. The van der Waals surface area contributed by atoms with Crippen molar-refractivity contribution >= 4 is 34.5 Å². The molecular formula is C21H20N4O3S. The fraction of sp³-hybridized carbons (Fsp3) is 0.190. The summed E-state index contributed by atoms with van der Waals surface area (Å²) in [4.78, 5) is 30.1. The number of nitrogens with one attached hydrogen (secondary N) is 1. The van der Waals surface area contributed by atoms with E-state index in [0.717, 1.165) is 11.2 Å². The van der Waals surface area contributed by atoms with Crippen LogP contribution in [0.5, 0.6) is 0 Å². The lowest BCUT2D eigenvalue weighted by Crippen LogP contribution is -2.27. The van der Waals surface area contributed by atoms with Gasteiger partial charge in [-0.1, -0.05) is 42.1 Å². The van der Waals surface area contributed by atoms with Crippen molar-refractivity contribution < 1.29 is 9.21 Å². The molecule has 0 fully saturated rings. The Morgan fingerprint density at radius 1 is 1.14 bits per heavy atom. The normalized spacial score (nSPS) is 12.2. The zero-order valence-corrected chi connectivity index (χ0v) is 17.1. The SMILES string of the molecule is Cc1c(NC(=O)[C@@H](C)Sc2nc3ccccc3o2)c(=O)n(-c2ccccc2)n1C. The number of carbonyl (C=O) groups is 1. The van der Waals surface area contributed by atoms with Crippen molar-refractivity contribution in [3.8, 4) is 5.69 Å².